The van der Waals surface area contributed by atoms with Crippen molar-refractivity contribution in [3.8, 4) is 0 Å². The third kappa shape index (κ3) is 70.5. The zero-order valence-electron chi connectivity index (χ0n) is 62.5. The quantitative estimate of drug-likeness (QED) is 0.0222. The minimum atomic E-state index is -4.96. The Morgan fingerprint density at radius 2 is 0.479 bits per heavy atom. The predicted octanol–water partition coefficient (Wildman–Crippen LogP) is 22.9. The molecule has 3 N–H and O–H groups in total. The Kier molecular flexibility index (Phi) is 68.7. The number of phosphoric ester groups is 2. The molecule has 17 nitrogen and oxygen atoms in total. The Morgan fingerprint density at radius 3 is 0.708 bits per heavy atom. The molecule has 0 aromatic carbocycles. The summed E-state index contributed by atoms with van der Waals surface area (Å²) < 4.78 is 68.4. The molecule has 0 aliphatic carbocycles. The standard InChI is InChI=1S/C77H150O17P2/c1-6-9-12-15-18-21-23-25-27-29-30-31-32-33-34-36-38-40-42-47-52-57-62-76(81)93-72(67-88-75(80)61-56-51-46-41-39-37-35-28-26-24-22-19-16-13-10-7-2)68-91-95(83,84)89-64-71(78)65-90-96(85,86)92-69-73(66-87-74(79)60-55-50-45-20-17-14-11-8-3)94-77(82)63-58-53-48-43-44-49-54-59-70(4)5/h70-73,78H,6-69H2,1-5H3,(H,83,84)(H,85,86)/t71-,72-,73-/m1/s1. The lowest BCUT2D eigenvalue weighted by molar-refractivity contribution is -0.161. The molecule has 0 aromatic rings. The molecule has 0 aliphatic rings. The van der Waals surface area contributed by atoms with E-state index in [0.717, 1.165) is 96.3 Å². The van der Waals surface area contributed by atoms with Gasteiger partial charge in [-0.3, -0.25) is 37.3 Å². The molecule has 19 heteroatoms. The molecule has 2 unspecified atom stereocenters. The van der Waals surface area contributed by atoms with Gasteiger partial charge in [-0.25, -0.2) is 9.13 Å². The van der Waals surface area contributed by atoms with Crippen LogP contribution in [-0.2, 0) is 65.4 Å². The van der Waals surface area contributed by atoms with Gasteiger partial charge in [0, 0.05) is 25.7 Å². The Labute approximate surface area is 588 Å². The lowest BCUT2D eigenvalue weighted by atomic mass is 10.0. The number of carbonyl (C=O) groups excluding carboxylic acids is 4. The normalized spacial score (nSPS) is 13.9. The third-order valence-electron chi connectivity index (χ3n) is 18.0. The van der Waals surface area contributed by atoms with Crippen LogP contribution in [0.4, 0.5) is 0 Å². The van der Waals surface area contributed by atoms with E-state index in [9.17, 15) is 43.2 Å². The van der Waals surface area contributed by atoms with E-state index in [4.69, 9.17) is 37.0 Å². The molecule has 0 rings (SSSR count). The number of aliphatic hydroxyl groups excluding tert-OH is 1. The smallest absolute Gasteiger partial charge is 0.462 e. The molecule has 0 fully saturated rings. The number of ether oxygens (including phenoxy) is 4. The van der Waals surface area contributed by atoms with Crippen molar-refractivity contribution in [3.05, 3.63) is 0 Å². The van der Waals surface area contributed by atoms with Crippen LogP contribution in [0.25, 0.3) is 0 Å². The predicted molar refractivity (Wildman–Crippen MR) is 391 cm³/mol. The lowest BCUT2D eigenvalue weighted by Gasteiger charge is -2.21. The first-order chi connectivity index (χ1) is 46.5. The first-order valence-electron chi connectivity index (χ1n) is 40.1. The third-order valence-corrected chi connectivity index (χ3v) is 19.9. The first-order valence-corrected chi connectivity index (χ1v) is 43.1. The second-order valence-corrected chi connectivity index (χ2v) is 31.1. The van der Waals surface area contributed by atoms with Gasteiger partial charge in [0.15, 0.2) is 12.2 Å². The lowest BCUT2D eigenvalue weighted by Crippen LogP contribution is -2.30. The summed E-state index contributed by atoms with van der Waals surface area (Å²) >= 11 is 0. The molecule has 0 saturated carbocycles. The molecular weight excluding hydrogens is 1260 g/mol. The Balaban J connectivity index is 5.15. The highest BCUT2D eigenvalue weighted by atomic mass is 31.2. The van der Waals surface area contributed by atoms with Crippen molar-refractivity contribution in [3.63, 3.8) is 0 Å². The van der Waals surface area contributed by atoms with E-state index in [0.29, 0.717) is 31.6 Å². The van der Waals surface area contributed by atoms with Crippen LogP contribution in [0.3, 0.4) is 0 Å². The number of esters is 4. The molecule has 0 heterocycles. The van der Waals surface area contributed by atoms with Gasteiger partial charge in [-0.05, 0) is 31.6 Å². The molecule has 0 aromatic heterocycles. The average Bonchev–Trinajstić information content (AvgIpc) is 2.15. The van der Waals surface area contributed by atoms with E-state index in [1.165, 1.54) is 225 Å². The molecule has 0 radical (unpaired) electrons. The van der Waals surface area contributed by atoms with E-state index in [1.807, 2.05) is 0 Å². The number of carbonyl (C=O) groups is 4. The summed E-state index contributed by atoms with van der Waals surface area (Å²) in [5.41, 5.74) is 0. The fourth-order valence-electron chi connectivity index (χ4n) is 11.9. The summed E-state index contributed by atoms with van der Waals surface area (Å²) in [5, 5.41) is 10.6. The van der Waals surface area contributed by atoms with E-state index < -0.39 is 97.5 Å². The maximum Gasteiger partial charge on any atom is 0.472 e. The van der Waals surface area contributed by atoms with Crippen molar-refractivity contribution < 1.29 is 80.2 Å². The number of hydrogen-bond acceptors (Lipinski definition) is 15. The van der Waals surface area contributed by atoms with Crippen molar-refractivity contribution in [2.24, 2.45) is 5.92 Å². The van der Waals surface area contributed by atoms with E-state index in [-0.39, 0.29) is 25.7 Å². The molecule has 5 atom stereocenters. The fraction of sp³-hybridized carbons (Fsp3) is 0.948. The number of hydrogen-bond donors (Lipinski definition) is 3. The van der Waals surface area contributed by atoms with Gasteiger partial charge in [0.2, 0.25) is 0 Å². The van der Waals surface area contributed by atoms with Gasteiger partial charge in [-0.2, -0.15) is 0 Å². The van der Waals surface area contributed by atoms with Crippen LogP contribution in [0, 0.1) is 5.92 Å². The van der Waals surface area contributed by atoms with Crippen molar-refractivity contribution >= 4 is 39.5 Å². The summed E-state index contributed by atoms with van der Waals surface area (Å²) in [5.74, 6) is -1.42. The average molecular weight is 1410 g/mol. The monoisotopic (exact) mass is 1410 g/mol. The summed E-state index contributed by atoms with van der Waals surface area (Å²) in [6.45, 7) is 7.20. The van der Waals surface area contributed by atoms with Crippen molar-refractivity contribution in [2.75, 3.05) is 39.6 Å². The van der Waals surface area contributed by atoms with Crippen LogP contribution in [0.1, 0.15) is 407 Å². The summed E-state index contributed by atoms with van der Waals surface area (Å²) in [7, 11) is -9.90. The fourth-order valence-corrected chi connectivity index (χ4v) is 13.5. The zero-order chi connectivity index (χ0) is 70.5. The SMILES string of the molecule is CCCCCCCCCCCCCCCCCCCCCCCCC(=O)O[C@H](COC(=O)CCCCCCCCCCCCCCCCCC)COP(=O)(O)OC[C@@H](O)COP(=O)(O)OC[C@@H](COC(=O)CCCCCCCCCC)OC(=O)CCCCCCCCCC(C)C. The summed E-state index contributed by atoms with van der Waals surface area (Å²) in [4.78, 5) is 72.7. The van der Waals surface area contributed by atoms with E-state index >= 15 is 0 Å². The molecule has 0 bridgehead atoms. The Bertz CT molecular complexity index is 1840. The van der Waals surface area contributed by atoms with Gasteiger partial charge >= 0.3 is 39.5 Å². The molecule has 0 spiro atoms. The van der Waals surface area contributed by atoms with Gasteiger partial charge in [-0.15, -0.1) is 0 Å². The minimum Gasteiger partial charge on any atom is -0.462 e. The van der Waals surface area contributed by atoms with Gasteiger partial charge in [0.05, 0.1) is 26.4 Å². The van der Waals surface area contributed by atoms with Crippen LogP contribution in [0.2, 0.25) is 0 Å². The van der Waals surface area contributed by atoms with E-state index in [2.05, 4.69) is 34.6 Å². The molecular formula is C77H150O17P2. The van der Waals surface area contributed by atoms with Gasteiger partial charge in [0.25, 0.3) is 0 Å². The van der Waals surface area contributed by atoms with Gasteiger partial charge in [0.1, 0.15) is 19.3 Å². The van der Waals surface area contributed by atoms with Crippen molar-refractivity contribution in [2.45, 2.75) is 425 Å². The molecule has 570 valence electrons. The summed E-state index contributed by atoms with van der Waals surface area (Å²) in [6.07, 6.45) is 60.0. The Hall–Kier alpha value is -1.94. The van der Waals surface area contributed by atoms with Crippen molar-refractivity contribution in [1.82, 2.24) is 0 Å². The first kappa shape index (κ1) is 94.1. The maximum absolute atomic E-state index is 13.1. The minimum absolute atomic E-state index is 0.104. The highest BCUT2D eigenvalue weighted by Gasteiger charge is 2.30. The largest absolute Gasteiger partial charge is 0.472 e. The van der Waals surface area contributed by atoms with Crippen LogP contribution < -0.4 is 0 Å². The van der Waals surface area contributed by atoms with E-state index in [1.54, 1.807) is 0 Å². The van der Waals surface area contributed by atoms with Crippen LogP contribution in [0.5, 0.6) is 0 Å². The number of rotatable bonds is 77. The number of aliphatic hydroxyl groups is 1. The molecule has 0 amide bonds. The van der Waals surface area contributed by atoms with Crippen molar-refractivity contribution in [1.29, 1.82) is 0 Å². The molecule has 0 aliphatic heterocycles. The molecule has 96 heavy (non-hydrogen) atoms. The van der Waals surface area contributed by atoms with Gasteiger partial charge in [-0.1, -0.05) is 356 Å². The second-order valence-electron chi connectivity index (χ2n) is 28.2. The van der Waals surface area contributed by atoms with Crippen LogP contribution in [0.15, 0.2) is 0 Å². The van der Waals surface area contributed by atoms with Crippen LogP contribution >= 0.6 is 15.6 Å². The highest BCUT2D eigenvalue weighted by Crippen LogP contribution is 2.45. The van der Waals surface area contributed by atoms with Gasteiger partial charge < -0.3 is 33.8 Å². The Morgan fingerprint density at radius 1 is 0.281 bits per heavy atom. The highest BCUT2D eigenvalue weighted by molar-refractivity contribution is 7.47. The second kappa shape index (κ2) is 70.1. The topological polar surface area (TPSA) is 237 Å². The molecule has 0 saturated heterocycles. The zero-order valence-corrected chi connectivity index (χ0v) is 64.3. The van der Waals surface area contributed by atoms with Crippen LogP contribution in [-0.4, -0.2) is 96.7 Å². The number of phosphoric acid groups is 2. The maximum atomic E-state index is 13.1. The summed E-state index contributed by atoms with van der Waals surface area (Å²) in [6, 6.07) is 0. The number of unbranched alkanes of at least 4 members (excludes halogenated alkanes) is 49.